The molecule has 8 heteroatoms. The molecule has 1 aromatic heterocycles. The summed E-state index contributed by atoms with van der Waals surface area (Å²) in [5, 5.41) is 2.55. The molecule has 1 aliphatic rings. The number of benzene rings is 1. The quantitative estimate of drug-likeness (QED) is 0.834. The molecule has 130 valence electrons. The lowest BCUT2D eigenvalue weighted by Crippen LogP contribution is -2.13. The highest BCUT2D eigenvalue weighted by molar-refractivity contribution is 7.14. The molecule has 0 aliphatic heterocycles. The van der Waals surface area contributed by atoms with Gasteiger partial charge in [0.25, 0.3) is 5.91 Å². The van der Waals surface area contributed by atoms with Crippen molar-refractivity contribution in [1.29, 1.82) is 0 Å². The standard InChI is InChI=1S/C16H15F3N2OS.ClH/c17-16(18,19)11-4-9(8-20)5-12(7-11)21-15(22)14-6-10-2-1-3-13(10)23-14;/h4-7H,1-3,8,20H2,(H,21,22);1H. The highest BCUT2D eigenvalue weighted by atomic mass is 35.5. The molecule has 1 heterocycles. The smallest absolute Gasteiger partial charge is 0.326 e. The van der Waals surface area contributed by atoms with E-state index in [2.05, 4.69) is 5.32 Å². The lowest BCUT2D eigenvalue weighted by atomic mass is 10.1. The van der Waals surface area contributed by atoms with Crippen LogP contribution < -0.4 is 11.1 Å². The largest absolute Gasteiger partial charge is 0.416 e. The highest BCUT2D eigenvalue weighted by Crippen LogP contribution is 2.33. The molecule has 1 aliphatic carbocycles. The molecule has 0 unspecified atom stereocenters. The van der Waals surface area contributed by atoms with E-state index in [0.717, 1.165) is 31.4 Å². The van der Waals surface area contributed by atoms with E-state index in [1.807, 2.05) is 6.07 Å². The minimum absolute atomic E-state index is 0. The minimum Gasteiger partial charge on any atom is -0.326 e. The molecule has 3 nitrogen and oxygen atoms in total. The Hall–Kier alpha value is -1.57. The first-order valence-corrected chi connectivity index (χ1v) is 8.02. The maximum Gasteiger partial charge on any atom is 0.416 e. The number of amides is 1. The third-order valence-electron chi connectivity index (χ3n) is 3.78. The van der Waals surface area contributed by atoms with Crippen LogP contribution in [0.1, 0.15) is 37.7 Å². The van der Waals surface area contributed by atoms with Crippen molar-refractivity contribution in [2.24, 2.45) is 5.73 Å². The number of nitrogens with two attached hydrogens (primary N) is 1. The van der Waals surface area contributed by atoms with Crippen LogP contribution in [0.3, 0.4) is 0 Å². The van der Waals surface area contributed by atoms with Gasteiger partial charge in [-0.2, -0.15) is 13.2 Å². The van der Waals surface area contributed by atoms with Gasteiger partial charge in [0, 0.05) is 17.1 Å². The second kappa shape index (κ2) is 7.13. The summed E-state index contributed by atoms with van der Waals surface area (Å²) in [6.45, 7) is -0.0277. The molecule has 0 saturated heterocycles. The molecule has 0 bridgehead atoms. The van der Waals surface area contributed by atoms with Crippen molar-refractivity contribution < 1.29 is 18.0 Å². The summed E-state index contributed by atoms with van der Waals surface area (Å²) in [6.07, 6.45) is -1.46. The first-order valence-electron chi connectivity index (χ1n) is 7.21. The molecule has 2 aromatic rings. The number of nitrogens with one attached hydrogen (secondary N) is 1. The van der Waals surface area contributed by atoms with Crippen LogP contribution in [-0.2, 0) is 25.6 Å². The second-order valence-electron chi connectivity index (χ2n) is 5.49. The van der Waals surface area contributed by atoms with Gasteiger partial charge in [-0.15, -0.1) is 23.7 Å². The maximum atomic E-state index is 12.9. The van der Waals surface area contributed by atoms with Gasteiger partial charge in [0.05, 0.1) is 10.4 Å². The molecular formula is C16H16ClF3N2OS. The van der Waals surface area contributed by atoms with E-state index in [1.165, 1.54) is 27.8 Å². The fourth-order valence-corrected chi connectivity index (χ4v) is 3.83. The summed E-state index contributed by atoms with van der Waals surface area (Å²) >= 11 is 1.41. The first-order chi connectivity index (χ1) is 10.9. The SMILES string of the molecule is Cl.NCc1cc(NC(=O)c2cc3c(s2)CCC3)cc(C(F)(F)F)c1. The zero-order valence-electron chi connectivity index (χ0n) is 12.6. The van der Waals surface area contributed by atoms with Crippen molar-refractivity contribution in [3.8, 4) is 0 Å². The van der Waals surface area contributed by atoms with Gasteiger partial charge in [0.2, 0.25) is 0 Å². The number of aryl methyl sites for hydroxylation is 2. The van der Waals surface area contributed by atoms with Gasteiger partial charge < -0.3 is 11.1 Å². The van der Waals surface area contributed by atoms with Crippen LogP contribution in [0.25, 0.3) is 0 Å². The number of hydrogen-bond acceptors (Lipinski definition) is 3. The van der Waals surface area contributed by atoms with E-state index in [9.17, 15) is 18.0 Å². The molecule has 0 radical (unpaired) electrons. The van der Waals surface area contributed by atoms with Crippen LogP contribution in [0.2, 0.25) is 0 Å². The average Bonchev–Trinajstić information content (AvgIpc) is 3.07. The van der Waals surface area contributed by atoms with Crippen LogP contribution in [0.4, 0.5) is 18.9 Å². The molecular weight excluding hydrogens is 361 g/mol. The lowest BCUT2D eigenvalue weighted by molar-refractivity contribution is -0.137. The average molecular weight is 377 g/mol. The summed E-state index contributed by atoms with van der Waals surface area (Å²) < 4.78 is 38.7. The number of alkyl halides is 3. The van der Waals surface area contributed by atoms with Crippen molar-refractivity contribution in [2.45, 2.75) is 32.0 Å². The third kappa shape index (κ3) is 3.91. The Labute approximate surface area is 147 Å². The molecule has 1 amide bonds. The fourth-order valence-electron chi connectivity index (χ4n) is 2.68. The number of hydrogen-bond donors (Lipinski definition) is 2. The van der Waals surface area contributed by atoms with Crippen molar-refractivity contribution in [3.05, 3.63) is 50.7 Å². The summed E-state index contributed by atoms with van der Waals surface area (Å²) in [5.74, 6) is -0.383. The Balaban J connectivity index is 0.00000208. The number of halogens is 4. The van der Waals surface area contributed by atoms with Gasteiger partial charge >= 0.3 is 6.18 Å². The summed E-state index contributed by atoms with van der Waals surface area (Å²) in [5.41, 5.74) is 6.23. The van der Waals surface area contributed by atoms with E-state index in [4.69, 9.17) is 5.73 Å². The van der Waals surface area contributed by atoms with E-state index in [0.29, 0.717) is 10.4 Å². The molecule has 3 N–H and O–H groups in total. The zero-order chi connectivity index (χ0) is 16.6. The summed E-state index contributed by atoms with van der Waals surface area (Å²) in [6, 6.07) is 5.22. The molecule has 3 rings (SSSR count). The van der Waals surface area contributed by atoms with Crippen molar-refractivity contribution in [1.82, 2.24) is 0 Å². The summed E-state index contributed by atoms with van der Waals surface area (Å²) in [4.78, 5) is 14.0. The van der Waals surface area contributed by atoms with Crippen molar-refractivity contribution >= 4 is 35.3 Å². The van der Waals surface area contributed by atoms with Crippen LogP contribution in [-0.4, -0.2) is 5.91 Å². The monoisotopic (exact) mass is 376 g/mol. The normalized spacial score (nSPS) is 13.3. The Bertz CT molecular complexity index is 737. The number of anilines is 1. The van der Waals surface area contributed by atoms with Gasteiger partial charge in [0.1, 0.15) is 0 Å². The number of carbonyl (C=O) groups is 1. The Morgan fingerprint density at radius 2 is 1.96 bits per heavy atom. The van der Waals surface area contributed by atoms with E-state index in [-0.39, 0.29) is 30.5 Å². The Morgan fingerprint density at radius 1 is 1.21 bits per heavy atom. The Morgan fingerprint density at radius 3 is 2.58 bits per heavy atom. The maximum absolute atomic E-state index is 12.9. The molecule has 0 spiro atoms. The molecule has 24 heavy (non-hydrogen) atoms. The number of thiophene rings is 1. The fraction of sp³-hybridized carbons (Fsp3) is 0.312. The van der Waals surface area contributed by atoms with Crippen LogP contribution in [0.5, 0.6) is 0 Å². The van der Waals surface area contributed by atoms with Gasteiger partial charge in [-0.1, -0.05) is 0 Å². The molecule has 1 aromatic carbocycles. The molecule has 0 saturated carbocycles. The van der Waals surface area contributed by atoms with Crippen LogP contribution in [0.15, 0.2) is 24.3 Å². The van der Waals surface area contributed by atoms with E-state index >= 15 is 0 Å². The summed E-state index contributed by atoms with van der Waals surface area (Å²) in [7, 11) is 0. The van der Waals surface area contributed by atoms with Gasteiger partial charge in [0.15, 0.2) is 0 Å². The second-order valence-corrected chi connectivity index (χ2v) is 6.62. The number of rotatable bonds is 3. The third-order valence-corrected chi connectivity index (χ3v) is 5.02. The highest BCUT2D eigenvalue weighted by Gasteiger charge is 2.31. The molecule has 0 fully saturated rings. The van der Waals surface area contributed by atoms with Gasteiger partial charge in [-0.25, -0.2) is 0 Å². The predicted molar refractivity (Wildman–Crippen MR) is 90.9 cm³/mol. The van der Waals surface area contributed by atoms with Crippen LogP contribution >= 0.6 is 23.7 Å². The lowest BCUT2D eigenvalue weighted by Gasteiger charge is -2.12. The molecule has 0 atom stereocenters. The zero-order valence-corrected chi connectivity index (χ0v) is 14.2. The van der Waals surface area contributed by atoms with Gasteiger partial charge in [-0.05, 0) is 54.7 Å². The predicted octanol–water partition coefficient (Wildman–Crippen LogP) is 4.39. The topological polar surface area (TPSA) is 55.1 Å². The minimum atomic E-state index is -4.48. The van der Waals surface area contributed by atoms with Crippen molar-refractivity contribution in [3.63, 3.8) is 0 Å². The van der Waals surface area contributed by atoms with Crippen LogP contribution in [0, 0.1) is 0 Å². The van der Waals surface area contributed by atoms with E-state index < -0.39 is 11.7 Å². The van der Waals surface area contributed by atoms with E-state index in [1.54, 1.807) is 0 Å². The van der Waals surface area contributed by atoms with Gasteiger partial charge in [-0.3, -0.25) is 4.79 Å². The number of fused-ring (bicyclic) bond motifs is 1. The first kappa shape index (κ1) is 18.8. The number of carbonyl (C=O) groups excluding carboxylic acids is 1. The Kier molecular flexibility index (Phi) is 5.57. The van der Waals surface area contributed by atoms with Crippen molar-refractivity contribution in [2.75, 3.05) is 5.32 Å².